The third-order valence-corrected chi connectivity index (χ3v) is 5.42. The molecule has 0 aliphatic carbocycles. The van der Waals surface area contributed by atoms with Crippen molar-refractivity contribution in [1.29, 1.82) is 0 Å². The van der Waals surface area contributed by atoms with Crippen LogP contribution in [0.3, 0.4) is 0 Å². The zero-order valence-corrected chi connectivity index (χ0v) is 12.8. The van der Waals surface area contributed by atoms with Crippen molar-refractivity contribution in [3.63, 3.8) is 0 Å². The first-order valence-electron chi connectivity index (χ1n) is 6.19. The Kier molecular flexibility index (Phi) is 3.96. The van der Waals surface area contributed by atoms with Crippen LogP contribution in [-0.2, 0) is 6.42 Å². The standard InChI is InChI=1S/C14H17NO2S2/c1-4-8-5-6-18-11(8)12-9(7(2)3)10(15)13(19-12)14(16)17/h5-7H,4,15H2,1-3H3,(H,16,17). The van der Waals surface area contributed by atoms with Gasteiger partial charge in [0.25, 0.3) is 0 Å². The maximum atomic E-state index is 11.3. The summed E-state index contributed by atoms with van der Waals surface area (Å²) in [6.45, 7) is 6.20. The van der Waals surface area contributed by atoms with Gasteiger partial charge in [-0.15, -0.1) is 22.7 Å². The first-order valence-corrected chi connectivity index (χ1v) is 7.89. The smallest absolute Gasteiger partial charge is 0.348 e. The Balaban J connectivity index is 2.69. The molecule has 0 aromatic carbocycles. The van der Waals surface area contributed by atoms with Crippen LogP contribution < -0.4 is 5.73 Å². The Hall–Kier alpha value is -1.33. The SMILES string of the molecule is CCc1ccsc1-c1sc(C(=O)O)c(N)c1C(C)C. The highest BCUT2D eigenvalue weighted by Gasteiger charge is 2.24. The number of nitrogen functional groups attached to an aromatic ring is 1. The molecule has 0 fully saturated rings. The maximum absolute atomic E-state index is 11.3. The van der Waals surface area contributed by atoms with Gasteiger partial charge in [0.2, 0.25) is 0 Å². The molecule has 2 rings (SSSR count). The van der Waals surface area contributed by atoms with Crippen molar-refractivity contribution in [2.75, 3.05) is 5.73 Å². The molecule has 5 heteroatoms. The van der Waals surface area contributed by atoms with Crippen molar-refractivity contribution in [2.45, 2.75) is 33.1 Å². The molecule has 0 atom stereocenters. The molecule has 0 spiro atoms. The number of anilines is 1. The number of aromatic carboxylic acids is 1. The van der Waals surface area contributed by atoms with Crippen LogP contribution in [0.25, 0.3) is 9.75 Å². The largest absolute Gasteiger partial charge is 0.477 e. The molecule has 0 amide bonds. The summed E-state index contributed by atoms with van der Waals surface area (Å²) < 4.78 is 0. The summed E-state index contributed by atoms with van der Waals surface area (Å²) >= 11 is 2.95. The third kappa shape index (κ3) is 2.40. The normalized spacial score (nSPS) is 11.2. The predicted molar refractivity (Wildman–Crippen MR) is 82.5 cm³/mol. The van der Waals surface area contributed by atoms with E-state index in [4.69, 9.17) is 5.73 Å². The highest BCUT2D eigenvalue weighted by Crippen LogP contribution is 2.45. The van der Waals surface area contributed by atoms with Gasteiger partial charge >= 0.3 is 5.97 Å². The highest BCUT2D eigenvalue weighted by molar-refractivity contribution is 7.23. The van der Waals surface area contributed by atoms with Crippen molar-refractivity contribution < 1.29 is 9.90 Å². The minimum Gasteiger partial charge on any atom is -0.477 e. The predicted octanol–water partition coefficient (Wildman–Crippen LogP) is 4.44. The Labute approximate surface area is 120 Å². The number of carboxylic acids is 1. The summed E-state index contributed by atoms with van der Waals surface area (Å²) in [7, 11) is 0. The van der Waals surface area contributed by atoms with E-state index in [0.29, 0.717) is 5.69 Å². The van der Waals surface area contributed by atoms with Crippen molar-refractivity contribution in [1.82, 2.24) is 0 Å². The second-order valence-corrected chi connectivity index (χ2v) is 6.61. The van der Waals surface area contributed by atoms with E-state index >= 15 is 0 Å². The molecule has 2 aromatic heterocycles. The van der Waals surface area contributed by atoms with Crippen molar-refractivity contribution in [2.24, 2.45) is 0 Å². The summed E-state index contributed by atoms with van der Waals surface area (Å²) in [5.74, 6) is -0.726. The summed E-state index contributed by atoms with van der Waals surface area (Å²) in [5.41, 5.74) is 8.69. The maximum Gasteiger partial charge on any atom is 0.348 e. The minimum atomic E-state index is -0.940. The molecule has 0 bridgehead atoms. The van der Waals surface area contributed by atoms with Crippen LogP contribution in [0, 0.1) is 0 Å². The molecule has 2 heterocycles. The minimum absolute atomic E-state index is 0.214. The van der Waals surface area contributed by atoms with Crippen LogP contribution in [0.2, 0.25) is 0 Å². The van der Waals surface area contributed by atoms with Gasteiger partial charge in [0.15, 0.2) is 0 Å². The molecule has 19 heavy (non-hydrogen) atoms. The van der Waals surface area contributed by atoms with Gasteiger partial charge in [-0.2, -0.15) is 0 Å². The summed E-state index contributed by atoms with van der Waals surface area (Å²) in [4.78, 5) is 13.7. The molecular weight excluding hydrogens is 278 g/mol. The van der Waals surface area contributed by atoms with E-state index in [2.05, 4.69) is 18.4 Å². The van der Waals surface area contributed by atoms with Gasteiger partial charge in [-0.1, -0.05) is 20.8 Å². The Morgan fingerprint density at radius 2 is 2.11 bits per heavy atom. The number of thiophene rings is 2. The van der Waals surface area contributed by atoms with Crippen LogP contribution in [0.15, 0.2) is 11.4 Å². The van der Waals surface area contributed by atoms with E-state index in [1.54, 1.807) is 11.3 Å². The third-order valence-electron chi connectivity index (χ3n) is 3.09. The Morgan fingerprint density at radius 3 is 2.63 bits per heavy atom. The lowest BCUT2D eigenvalue weighted by atomic mass is 9.99. The second kappa shape index (κ2) is 5.35. The fourth-order valence-electron chi connectivity index (χ4n) is 2.17. The molecule has 3 N–H and O–H groups in total. The average Bonchev–Trinajstić information content (AvgIpc) is 2.91. The Bertz CT molecular complexity index is 611. The first-order chi connectivity index (χ1) is 8.97. The molecular formula is C14H17NO2S2. The second-order valence-electron chi connectivity index (χ2n) is 4.68. The molecule has 0 aliphatic heterocycles. The van der Waals surface area contributed by atoms with Crippen LogP contribution in [0.4, 0.5) is 5.69 Å². The van der Waals surface area contributed by atoms with Gasteiger partial charge in [0.1, 0.15) is 4.88 Å². The lowest BCUT2D eigenvalue weighted by Gasteiger charge is -2.09. The van der Waals surface area contributed by atoms with Crippen molar-refractivity contribution >= 4 is 34.3 Å². The van der Waals surface area contributed by atoms with Gasteiger partial charge < -0.3 is 10.8 Å². The average molecular weight is 295 g/mol. The lowest BCUT2D eigenvalue weighted by molar-refractivity contribution is 0.0703. The van der Waals surface area contributed by atoms with Crippen molar-refractivity contribution in [3.05, 3.63) is 27.5 Å². The zero-order valence-electron chi connectivity index (χ0n) is 11.2. The monoisotopic (exact) mass is 295 g/mol. The number of hydrogen-bond donors (Lipinski definition) is 2. The summed E-state index contributed by atoms with van der Waals surface area (Å²) in [5, 5.41) is 11.3. The Morgan fingerprint density at radius 1 is 1.42 bits per heavy atom. The number of carbonyl (C=O) groups is 1. The number of rotatable bonds is 4. The number of nitrogens with two attached hydrogens (primary N) is 1. The van der Waals surface area contributed by atoms with E-state index < -0.39 is 5.97 Å². The van der Waals surface area contributed by atoms with Gasteiger partial charge in [-0.05, 0) is 34.9 Å². The van der Waals surface area contributed by atoms with Crippen LogP contribution in [-0.4, -0.2) is 11.1 Å². The lowest BCUT2D eigenvalue weighted by Crippen LogP contribution is -2.00. The molecule has 0 saturated carbocycles. The van der Waals surface area contributed by atoms with E-state index in [1.165, 1.54) is 16.9 Å². The quantitative estimate of drug-likeness (QED) is 0.876. The van der Waals surface area contributed by atoms with E-state index in [9.17, 15) is 9.90 Å². The molecule has 2 aromatic rings. The molecule has 3 nitrogen and oxygen atoms in total. The summed E-state index contributed by atoms with van der Waals surface area (Å²) in [6, 6.07) is 2.10. The zero-order chi connectivity index (χ0) is 14.2. The first kappa shape index (κ1) is 14.1. The highest BCUT2D eigenvalue weighted by atomic mass is 32.1. The molecule has 0 aliphatic rings. The van der Waals surface area contributed by atoms with Gasteiger partial charge in [0.05, 0.1) is 10.6 Å². The van der Waals surface area contributed by atoms with E-state index in [1.807, 2.05) is 13.8 Å². The fourth-order valence-corrected chi connectivity index (χ4v) is 4.58. The summed E-state index contributed by atoms with van der Waals surface area (Å²) in [6.07, 6.45) is 0.941. The van der Waals surface area contributed by atoms with E-state index in [-0.39, 0.29) is 10.8 Å². The van der Waals surface area contributed by atoms with E-state index in [0.717, 1.165) is 21.7 Å². The van der Waals surface area contributed by atoms with Gasteiger partial charge in [0, 0.05) is 4.88 Å². The molecule has 0 unspecified atom stereocenters. The number of aryl methyl sites for hydroxylation is 1. The van der Waals surface area contributed by atoms with Crippen LogP contribution >= 0.6 is 22.7 Å². The van der Waals surface area contributed by atoms with Gasteiger partial charge in [-0.3, -0.25) is 0 Å². The number of carboxylic acid groups (broad SMARTS) is 1. The molecule has 0 saturated heterocycles. The molecule has 102 valence electrons. The van der Waals surface area contributed by atoms with Gasteiger partial charge in [-0.25, -0.2) is 4.79 Å². The molecule has 0 radical (unpaired) electrons. The fraction of sp³-hybridized carbons (Fsp3) is 0.357. The van der Waals surface area contributed by atoms with Crippen molar-refractivity contribution in [3.8, 4) is 9.75 Å². The van der Waals surface area contributed by atoms with Crippen LogP contribution in [0.1, 0.15) is 47.5 Å². The number of hydrogen-bond acceptors (Lipinski definition) is 4. The van der Waals surface area contributed by atoms with Crippen LogP contribution in [0.5, 0.6) is 0 Å². The topological polar surface area (TPSA) is 63.3 Å².